The molecular weight excluding hydrogens is 383 g/mol. The molecule has 0 heterocycles. The Hall–Kier alpha value is -3.38. The molecule has 0 aliphatic rings. The van der Waals surface area contributed by atoms with Crippen LogP contribution in [0.1, 0.15) is 20.7 Å². The zero-order valence-corrected chi connectivity index (χ0v) is 15.6. The van der Waals surface area contributed by atoms with Gasteiger partial charge in [-0.2, -0.15) is 0 Å². The Bertz CT molecular complexity index is 1020. The Morgan fingerprint density at radius 1 is 0.929 bits per heavy atom. The van der Waals surface area contributed by atoms with Gasteiger partial charge in [0.05, 0.1) is 23.4 Å². The molecule has 0 radical (unpaired) electrons. The first-order valence-electron chi connectivity index (χ1n) is 8.29. The second kappa shape index (κ2) is 8.54. The smallest absolute Gasteiger partial charge is 0.257 e. The highest BCUT2D eigenvalue weighted by Gasteiger charge is 2.13. The lowest BCUT2D eigenvalue weighted by Gasteiger charge is -2.10. The van der Waals surface area contributed by atoms with E-state index in [1.54, 1.807) is 48.5 Å². The van der Waals surface area contributed by atoms with E-state index in [1.807, 2.05) is 0 Å². The Kier molecular flexibility index (Phi) is 5.91. The molecule has 0 bridgehead atoms. The zero-order chi connectivity index (χ0) is 20.1. The number of carbonyl (C=O) groups excluding carboxylic acids is 2. The zero-order valence-electron chi connectivity index (χ0n) is 14.8. The van der Waals surface area contributed by atoms with Crippen LogP contribution in [0.3, 0.4) is 0 Å². The van der Waals surface area contributed by atoms with Crippen molar-refractivity contribution in [3.63, 3.8) is 0 Å². The number of hydrogen-bond acceptors (Lipinski definition) is 3. The van der Waals surface area contributed by atoms with Crippen LogP contribution in [0.25, 0.3) is 0 Å². The molecule has 0 aliphatic carbocycles. The Morgan fingerprint density at radius 2 is 1.64 bits per heavy atom. The molecule has 0 aromatic heterocycles. The molecule has 2 amide bonds. The third kappa shape index (κ3) is 4.47. The van der Waals surface area contributed by atoms with Crippen LogP contribution in [0.4, 0.5) is 15.8 Å². The van der Waals surface area contributed by atoms with Gasteiger partial charge in [-0.3, -0.25) is 9.59 Å². The fourth-order valence-electron chi connectivity index (χ4n) is 2.52. The van der Waals surface area contributed by atoms with Crippen LogP contribution in [-0.2, 0) is 0 Å². The summed E-state index contributed by atoms with van der Waals surface area (Å²) in [6, 6.07) is 16.9. The average molecular weight is 399 g/mol. The molecule has 0 unspecified atom stereocenters. The minimum absolute atomic E-state index is 0.0188. The van der Waals surface area contributed by atoms with Crippen molar-refractivity contribution >= 4 is 34.8 Å². The lowest BCUT2D eigenvalue weighted by Crippen LogP contribution is -2.14. The maximum Gasteiger partial charge on any atom is 0.257 e. The largest absolute Gasteiger partial charge is 0.495 e. The van der Waals surface area contributed by atoms with Crippen LogP contribution < -0.4 is 15.4 Å². The predicted molar refractivity (Wildman–Crippen MR) is 107 cm³/mol. The monoisotopic (exact) mass is 398 g/mol. The number of para-hydroxylation sites is 2. The van der Waals surface area contributed by atoms with E-state index in [2.05, 4.69) is 10.6 Å². The highest BCUT2D eigenvalue weighted by atomic mass is 35.5. The fraction of sp³-hybridized carbons (Fsp3) is 0.0476. The van der Waals surface area contributed by atoms with E-state index >= 15 is 0 Å². The van der Waals surface area contributed by atoms with Crippen LogP contribution in [0.2, 0.25) is 5.02 Å². The number of amides is 2. The van der Waals surface area contributed by atoms with Gasteiger partial charge in [-0.1, -0.05) is 23.7 Å². The van der Waals surface area contributed by atoms with Gasteiger partial charge >= 0.3 is 0 Å². The summed E-state index contributed by atoms with van der Waals surface area (Å²) in [7, 11) is 1.52. The number of rotatable bonds is 5. The summed E-state index contributed by atoms with van der Waals surface area (Å²) in [6.07, 6.45) is 0. The second-order valence-electron chi connectivity index (χ2n) is 5.81. The lowest BCUT2D eigenvalue weighted by molar-refractivity contribution is 0.101. The van der Waals surface area contributed by atoms with E-state index in [4.69, 9.17) is 16.3 Å². The maximum absolute atomic E-state index is 13.1. The van der Waals surface area contributed by atoms with Crippen molar-refractivity contribution in [2.24, 2.45) is 0 Å². The molecule has 0 fully saturated rings. The van der Waals surface area contributed by atoms with Crippen molar-refractivity contribution in [2.45, 2.75) is 0 Å². The van der Waals surface area contributed by atoms with Gasteiger partial charge in [0.1, 0.15) is 11.6 Å². The number of anilines is 2. The summed E-state index contributed by atoms with van der Waals surface area (Å²) in [5, 5.41) is 5.45. The second-order valence-corrected chi connectivity index (χ2v) is 6.22. The first kappa shape index (κ1) is 19.4. The SMILES string of the molecule is COc1ccccc1NC(=O)c1ccc(NC(=O)c2ccc(F)cc2Cl)cc1. The quantitative estimate of drug-likeness (QED) is 0.636. The molecule has 0 saturated carbocycles. The first-order chi connectivity index (χ1) is 13.5. The predicted octanol–water partition coefficient (Wildman–Crippen LogP) is 4.99. The van der Waals surface area contributed by atoms with Crippen LogP contribution in [0.5, 0.6) is 5.75 Å². The molecule has 5 nitrogen and oxygen atoms in total. The van der Waals surface area contributed by atoms with E-state index in [9.17, 15) is 14.0 Å². The number of nitrogens with one attached hydrogen (secondary N) is 2. The van der Waals surface area contributed by atoms with Gasteiger partial charge in [0, 0.05) is 11.3 Å². The standard InChI is InChI=1S/C21H16ClFN2O3/c1-28-19-5-3-2-4-18(19)25-20(26)13-6-9-15(10-7-13)24-21(27)16-11-8-14(23)12-17(16)22/h2-12H,1H3,(H,24,27)(H,25,26). The van der Waals surface area contributed by atoms with Crippen molar-refractivity contribution in [3.05, 3.63) is 88.7 Å². The molecule has 0 saturated heterocycles. The third-order valence-electron chi connectivity index (χ3n) is 3.94. The van der Waals surface area contributed by atoms with Gasteiger partial charge < -0.3 is 15.4 Å². The van der Waals surface area contributed by atoms with E-state index in [-0.39, 0.29) is 16.5 Å². The summed E-state index contributed by atoms with van der Waals surface area (Å²) in [5.41, 5.74) is 1.59. The van der Waals surface area contributed by atoms with Crippen molar-refractivity contribution in [1.29, 1.82) is 0 Å². The summed E-state index contributed by atoms with van der Waals surface area (Å²) < 4.78 is 18.3. The number of hydrogen-bond donors (Lipinski definition) is 2. The number of benzene rings is 3. The molecule has 0 aliphatic heterocycles. The van der Waals surface area contributed by atoms with Gasteiger partial charge in [0.2, 0.25) is 0 Å². The average Bonchev–Trinajstić information content (AvgIpc) is 2.68. The molecule has 3 aromatic rings. The highest BCUT2D eigenvalue weighted by molar-refractivity contribution is 6.34. The van der Waals surface area contributed by atoms with Crippen molar-refractivity contribution in [2.75, 3.05) is 17.7 Å². The summed E-state index contributed by atoms with van der Waals surface area (Å²) in [6.45, 7) is 0. The lowest BCUT2D eigenvalue weighted by atomic mass is 10.1. The molecule has 0 spiro atoms. The van der Waals surface area contributed by atoms with E-state index in [0.717, 1.165) is 12.1 Å². The number of ether oxygens (including phenoxy) is 1. The van der Waals surface area contributed by atoms with Crippen LogP contribution in [-0.4, -0.2) is 18.9 Å². The van der Waals surface area contributed by atoms with E-state index < -0.39 is 11.7 Å². The molecule has 3 aromatic carbocycles. The van der Waals surface area contributed by atoms with Gasteiger partial charge in [-0.15, -0.1) is 0 Å². The topological polar surface area (TPSA) is 67.4 Å². The number of halogens is 2. The van der Waals surface area contributed by atoms with Gasteiger partial charge in [0.25, 0.3) is 11.8 Å². The Morgan fingerprint density at radius 3 is 2.32 bits per heavy atom. The summed E-state index contributed by atoms with van der Waals surface area (Å²) in [4.78, 5) is 24.7. The first-order valence-corrected chi connectivity index (χ1v) is 8.66. The molecule has 28 heavy (non-hydrogen) atoms. The van der Waals surface area contributed by atoms with Gasteiger partial charge in [-0.25, -0.2) is 4.39 Å². The van der Waals surface area contributed by atoms with Crippen LogP contribution >= 0.6 is 11.6 Å². The molecule has 142 valence electrons. The van der Waals surface area contributed by atoms with Gasteiger partial charge in [-0.05, 0) is 54.6 Å². The Balaban J connectivity index is 1.69. The highest BCUT2D eigenvalue weighted by Crippen LogP contribution is 2.24. The third-order valence-corrected chi connectivity index (χ3v) is 4.25. The van der Waals surface area contributed by atoms with Crippen molar-refractivity contribution in [3.8, 4) is 5.75 Å². The summed E-state index contributed by atoms with van der Waals surface area (Å²) in [5.74, 6) is -0.761. The fourth-order valence-corrected chi connectivity index (χ4v) is 2.77. The number of carbonyl (C=O) groups is 2. The maximum atomic E-state index is 13.1. The van der Waals surface area contributed by atoms with Crippen LogP contribution in [0.15, 0.2) is 66.7 Å². The van der Waals surface area contributed by atoms with E-state index in [0.29, 0.717) is 22.7 Å². The van der Waals surface area contributed by atoms with Crippen molar-refractivity contribution < 1.29 is 18.7 Å². The minimum atomic E-state index is -0.521. The van der Waals surface area contributed by atoms with Gasteiger partial charge in [0.15, 0.2) is 0 Å². The van der Waals surface area contributed by atoms with E-state index in [1.165, 1.54) is 13.2 Å². The molecule has 2 N–H and O–H groups in total. The number of methoxy groups -OCH3 is 1. The molecule has 0 atom stereocenters. The van der Waals surface area contributed by atoms with Crippen LogP contribution in [0, 0.1) is 5.82 Å². The minimum Gasteiger partial charge on any atom is -0.495 e. The Labute approximate surface area is 166 Å². The molecule has 3 rings (SSSR count). The molecule has 7 heteroatoms. The van der Waals surface area contributed by atoms with Crippen molar-refractivity contribution in [1.82, 2.24) is 0 Å². The summed E-state index contributed by atoms with van der Waals surface area (Å²) >= 11 is 5.90. The normalized spacial score (nSPS) is 10.2. The molecular formula is C21H16ClFN2O3.